The molecule has 0 aromatic heterocycles. The number of carbonyl (C=O) groups is 1. The van der Waals surface area contributed by atoms with Crippen molar-refractivity contribution in [1.82, 2.24) is 4.90 Å². The molecule has 3 nitrogen and oxygen atoms in total. The number of para-hydroxylation sites is 1. The maximum atomic E-state index is 12.4. The molecule has 110 valence electrons. The molecule has 2 aromatic carbocycles. The fraction of sp³-hybridized carbons (Fsp3) is 0.278. The second-order valence-corrected chi connectivity index (χ2v) is 5.28. The quantitative estimate of drug-likeness (QED) is 0.839. The molecule has 0 fully saturated rings. The topological polar surface area (TPSA) is 23.6 Å². The molecule has 2 aromatic rings. The number of hydrogen-bond acceptors (Lipinski definition) is 2. The van der Waals surface area contributed by atoms with E-state index >= 15 is 0 Å². The molecule has 0 heterocycles. The van der Waals surface area contributed by atoms with Crippen molar-refractivity contribution in [3.05, 3.63) is 66.2 Å². The Bertz CT molecular complexity index is 568. The Hall–Kier alpha value is -2.29. The third-order valence-electron chi connectivity index (χ3n) is 3.83. The van der Waals surface area contributed by atoms with Crippen LogP contribution in [0.3, 0.4) is 0 Å². The molecule has 0 radical (unpaired) electrons. The van der Waals surface area contributed by atoms with Crippen molar-refractivity contribution in [3.63, 3.8) is 0 Å². The van der Waals surface area contributed by atoms with Gasteiger partial charge in [0.2, 0.25) is 5.91 Å². The van der Waals surface area contributed by atoms with E-state index < -0.39 is 0 Å². The predicted molar refractivity (Wildman–Crippen MR) is 87.3 cm³/mol. The summed E-state index contributed by atoms with van der Waals surface area (Å²) in [5.74, 6) is 0.109. The second kappa shape index (κ2) is 6.93. The summed E-state index contributed by atoms with van der Waals surface area (Å²) in [7, 11) is 3.80. The van der Waals surface area contributed by atoms with E-state index in [0.29, 0.717) is 6.54 Å². The highest BCUT2D eigenvalue weighted by atomic mass is 16.2. The molecule has 0 aliphatic heterocycles. The molecule has 0 spiro atoms. The summed E-state index contributed by atoms with van der Waals surface area (Å²) in [4.78, 5) is 16.2. The Labute approximate surface area is 126 Å². The lowest BCUT2D eigenvalue weighted by atomic mass is 10.1. The molecule has 3 heteroatoms. The molecule has 2 rings (SSSR count). The average molecular weight is 282 g/mol. The zero-order chi connectivity index (χ0) is 15.2. The van der Waals surface area contributed by atoms with Gasteiger partial charge in [0.25, 0.3) is 0 Å². The number of likely N-dealkylation sites (N-methyl/N-ethyl adjacent to an activating group) is 2. The van der Waals surface area contributed by atoms with E-state index in [1.165, 1.54) is 0 Å². The van der Waals surface area contributed by atoms with Crippen LogP contribution in [0, 0.1) is 0 Å². The number of hydrogen-bond donors (Lipinski definition) is 0. The van der Waals surface area contributed by atoms with E-state index in [9.17, 15) is 4.79 Å². The standard InChI is InChI=1S/C18H22N2O/c1-15(16-10-6-4-7-11-16)20(3)18(21)14-19(2)17-12-8-5-9-13-17/h4-13,15H,14H2,1-3H3/t15-/m1/s1. The minimum atomic E-state index is 0.0721. The third-order valence-corrected chi connectivity index (χ3v) is 3.83. The highest BCUT2D eigenvalue weighted by molar-refractivity contribution is 5.81. The second-order valence-electron chi connectivity index (χ2n) is 5.28. The number of anilines is 1. The molecular weight excluding hydrogens is 260 g/mol. The van der Waals surface area contributed by atoms with Crippen molar-refractivity contribution < 1.29 is 4.79 Å². The number of benzene rings is 2. The molecular formula is C18H22N2O. The van der Waals surface area contributed by atoms with Crippen LogP contribution in [-0.4, -0.2) is 31.4 Å². The summed E-state index contributed by atoms with van der Waals surface area (Å²) in [6, 6.07) is 20.1. The van der Waals surface area contributed by atoms with E-state index in [1.807, 2.05) is 67.5 Å². The molecule has 0 bridgehead atoms. The van der Waals surface area contributed by atoms with Gasteiger partial charge in [0.1, 0.15) is 0 Å². The number of rotatable bonds is 5. The van der Waals surface area contributed by atoms with Crippen LogP contribution in [0.4, 0.5) is 5.69 Å². The highest BCUT2D eigenvalue weighted by Crippen LogP contribution is 2.19. The summed E-state index contributed by atoms with van der Waals surface area (Å²) in [5.41, 5.74) is 2.20. The first-order valence-electron chi connectivity index (χ1n) is 7.16. The maximum Gasteiger partial charge on any atom is 0.242 e. The van der Waals surface area contributed by atoms with Crippen LogP contribution >= 0.6 is 0 Å². The van der Waals surface area contributed by atoms with Gasteiger partial charge in [-0.15, -0.1) is 0 Å². The number of nitrogens with zero attached hydrogens (tertiary/aromatic N) is 2. The predicted octanol–water partition coefficient (Wildman–Crippen LogP) is 3.34. The van der Waals surface area contributed by atoms with Crippen molar-refractivity contribution in [3.8, 4) is 0 Å². The normalized spacial score (nSPS) is 11.8. The van der Waals surface area contributed by atoms with Crippen LogP contribution in [0.15, 0.2) is 60.7 Å². The highest BCUT2D eigenvalue weighted by Gasteiger charge is 2.18. The van der Waals surface area contributed by atoms with Crippen LogP contribution in [0.25, 0.3) is 0 Å². The minimum Gasteiger partial charge on any atom is -0.365 e. The molecule has 1 atom stereocenters. The van der Waals surface area contributed by atoms with E-state index in [0.717, 1.165) is 11.3 Å². The molecule has 0 saturated carbocycles. The van der Waals surface area contributed by atoms with Crippen LogP contribution in [-0.2, 0) is 4.79 Å². The van der Waals surface area contributed by atoms with Gasteiger partial charge in [-0.2, -0.15) is 0 Å². The zero-order valence-electron chi connectivity index (χ0n) is 12.9. The van der Waals surface area contributed by atoms with Crippen LogP contribution in [0.1, 0.15) is 18.5 Å². The van der Waals surface area contributed by atoms with Gasteiger partial charge in [0.15, 0.2) is 0 Å². The van der Waals surface area contributed by atoms with Crippen LogP contribution in [0.5, 0.6) is 0 Å². The van der Waals surface area contributed by atoms with Crippen molar-refractivity contribution in [1.29, 1.82) is 0 Å². The van der Waals surface area contributed by atoms with E-state index in [1.54, 1.807) is 4.90 Å². The summed E-state index contributed by atoms with van der Waals surface area (Å²) < 4.78 is 0. The van der Waals surface area contributed by atoms with E-state index in [2.05, 4.69) is 19.1 Å². The summed E-state index contributed by atoms with van der Waals surface area (Å²) in [5, 5.41) is 0. The molecule has 0 aliphatic rings. The summed E-state index contributed by atoms with van der Waals surface area (Å²) in [6.07, 6.45) is 0. The maximum absolute atomic E-state index is 12.4. The lowest BCUT2D eigenvalue weighted by Gasteiger charge is -2.28. The summed E-state index contributed by atoms with van der Waals surface area (Å²) >= 11 is 0. The van der Waals surface area contributed by atoms with Gasteiger partial charge in [-0.3, -0.25) is 4.79 Å². The van der Waals surface area contributed by atoms with E-state index in [-0.39, 0.29) is 11.9 Å². The lowest BCUT2D eigenvalue weighted by molar-refractivity contribution is -0.130. The Kier molecular flexibility index (Phi) is 4.99. The largest absolute Gasteiger partial charge is 0.365 e. The van der Waals surface area contributed by atoms with Gasteiger partial charge >= 0.3 is 0 Å². The number of carbonyl (C=O) groups excluding carboxylic acids is 1. The van der Waals surface area contributed by atoms with Crippen LogP contribution in [0.2, 0.25) is 0 Å². The molecule has 0 aliphatic carbocycles. The fourth-order valence-electron chi connectivity index (χ4n) is 2.26. The SMILES string of the molecule is C[C@H](c1ccccc1)N(C)C(=O)CN(C)c1ccccc1. The van der Waals surface area contributed by atoms with E-state index in [4.69, 9.17) is 0 Å². The summed E-state index contributed by atoms with van der Waals surface area (Å²) in [6.45, 7) is 2.42. The first-order chi connectivity index (χ1) is 10.1. The smallest absolute Gasteiger partial charge is 0.242 e. The van der Waals surface area contributed by atoms with Crippen LogP contribution < -0.4 is 4.90 Å². The third kappa shape index (κ3) is 3.85. The van der Waals surface area contributed by atoms with Gasteiger partial charge < -0.3 is 9.80 Å². The van der Waals surface area contributed by atoms with Gasteiger partial charge in [-0.25, -0.2) is 0 Å². The first kappa shape index (κ1) is 15.1. The molecule has 21 heavy (non-hydrogen) atoms. The Morgan fingerprint density at radius 2 is 1.48 bits per heavy atom. The average Bonchev–Trinajstić information content (AvgIpc) is 2.55. The zero-order valence-corrected chi connectivity index (χ0v) is 12.9. The Morgan fingerprint density at radius 3 is 2.05 bits per heavy atom. The van der Waals surface area contributed by atoms with Gasteiger partial charge in [0, 0.05) is 19.8 Å². The fourth-order valence-corrected chi connectivity index (χ4v) is 2.26. The van der Waals surface area contributed by atoms with Crippen molar-refractivity contribution >= 4 is 11.6 Å². The first-order valence-corrected chi connectivity index (χ1v) is 7.16. The van der Waals surface area contributed by atoms with Crippen molar-refractivity contribution in [2.75, 3.05) is 25.5 Å². The van der Waals surface area contributed by atoms with Crippen molar-refractivity contribution in [2.24, 2.45) is 0 Å². The molecule has 0 unspecified atom stereocenters. The van der Waals surface area contributed by atoms with Crippen molar-refractivity contribution in [2.45, 2.75) is 13.0 Å². The Balaban J connectivity index is 2.00. The minimum absolute atomic E-state index is 0.0721. The molecule has 1 amide bonds. The lowest BCUT2D eigenvalue weighted by Crippen LogP contribution is -2.38. The number of amides is 1. The molecule has 0 N–H and O–H groups in total. The van der Waals surface area contributed by atoms with Gasteiger partial charge in [0.05, 0.1) is 12.6 Å². The molecule has 0 saturated heterocycles. The van der Waals surface area contributed by atoms with Gasteiger partial charge in [-0.05, 0) is 24.6 Å². The monoisotopic (exact) mass is 282 g/mol. The van der Waals surface area contributed by atoms with Gasteiger partial charge in [-0.1, -0.05) is 48.5 Å². The Morgan fingerprint density at radius 1 is 0.952 bits per heavy atom.